The molecular weight excluding hydrogens is 455 g/mol. The molecule has 0 aliphatic carbocycles. The molecule has 0 radical (unpaired) electrons. The standard InChI is InChI=1S/C27H23FN8/c1-14(2)31-19-9-17(10-29-11-19)21-4-5-22-25(32-21)26(36-35-22)27-33-23-13-30-12-20(24(23)34-27)16-6-15(3)7-18(28)8-16/h4-14,31H,1-3H3,(H,33,34)(H,35,36). The Bertz CT molecular complexity index is 1710. The average Bonchev–Trinajstić information content (AvgIpc) is 3.46. The Hall–Kier alpha value is -4.66. The van der Waals surface area contributed by atoms with E-state index in [1.54, 1.807) is 24.8 Å². The highest BCUT2D eigenvalue weighted by atomic mass is 19.1. The largest absolute Gasteiger partial charge is 0.382 e. The number of hydrogen-bond donors (Lipinski definition) is 3. The summed E-state index contributed by atoms with van der Waals surface area (Å²) in [4.78, 5) is 21.7. The third-order valence-corrected chi connectivity index (χ3v) is 5.87. The number of H-pyrrole nitrogens is 2. The van der Waals surface area contributed by atoms with Crippen molar-refractivity contribution in [2.75, 3.05) is 5.32 Å². The lowest BCUT2D eigenvalue weighted by molar-refractivity contribution is 0.627. The van der Waals surface area contributed by atoms with Gasteiger partial charge in [0.05, 0.1) is 34.1 Å². The van der Waals surface area contributed by atoms with Crippen LogP contribution in [0.25, 0.3) is 56.0 Å². The predicted molar refractivity (Wildman–Crippen MR) is 139 cm³/mol. The molecule has 0 saturated heterocycles. The second-order valence-electron chi connectivity index (χ2n) is 9.11. The van der Waals surface area contributed by atoms with Crippen LogP contribution < -0.4 is 5.32 Å². The molecule has 178 valence electrons. The summed E-state index contributed by atoms with van der Waals surface area (Å²) >= 11 is 0. The summed E-state index contributed by atoms with van der Waals surface area (Å²) in [6.07, 6.45) is 6.99. The third-order valence-electron chi connectivity index (χ3n) is 5.87. The molecule has 8 nitrogen and oxygen atoms in total. The van der Waals surface area contributed by atoms with Crippen molar-refractivity contribution in [1.82, 2.24) is 35.1 Å². The van der Waals surface area contributed by atoms with Crippen LogP contribution in [0.5, 0.6) is 0 Å². The van der Waals surface area contributed by atoms with E-state index in [2.05, 4.69) is 44.3 Å². The number of nitrogens with one attached hydrogen (secondary N) is 3. The Labute approximate surface area is 206 Å². The van der Waals surface area contributed by atoms with Crippen LogP contribution in [0.3, 0.4) is 0 Å². The van der Waals surface area contributed by atoms with Crippen LogP contribution in [0.2, 0.25) is 0 Å². The van der Waals surface area contributed by atoms with Gasteiger partial charge in [0.1, 0.15) is 11.3 Å². The first-order valence-corrected chi connectivity index (χ1v) is 11.6. The number of pyridine rings is 3. The van der Waals surface area contributed by atoms with Crippen molar-refractivity contribution < 1.29 is 4.39 Å². The number of fused-ring (bicyclic) bond motifs is 2. The van der Waals surface area contributed by atoms with Gasteiger partial charge in [0.25, 0.3) is 0 Å². The minimum absolute atomic E-state index is 0.293. The maximum atomic E-state index is 14.1. The van der Waals surface area contributed by atoms with Gasteiger partial charge in [0, 0.05) is 35.8 Å². The van der Waals surface area contributed by atoms with Gasteiger partial charge in [-0.05, 0) is 62.2 Å². The fourth-order valence-corrected chi connectivity index (χ4v) is 4.37. The van der Waals surface area contributed by atoms with Gasteiger partial charge in [0.2, 0.25) is 0 Å². The Morgan fingerprint density at radius 2 is 1.72 bits per heavy atom. The minimum Gasteiger partial charge on any atom is -0.382 e. The van der Waals surface area contributed by atoms with Crippen molar-refractivity contribution in [2.24, 2.45) is 0 Å². The maximum Gasteiger partial charge on any atom is 0.161 e. The predicted octanol–water partition coefficient (Wildman–Crippen LogP) is 5.89. The van der Waals surface area contributed by atoms with Gasteiger partial charge in [-0.1, -0.05) is 6.07 Å². The van der Waals surface area contributed by atoms with Crippen molar-refractivity contribution in [3.8, 4) is 33.9 Å². The summed E-state index contributed by atoms with van der Waals surface area (Å²) in [6, 6.07) is 11.1. The molecule has 1 aromatic carbocycles. The fraction of sp³-hybridized carbons (Fsp3) is 0.148. The number of imidazole rings is 1. The highest BCUT2D eigenvalue weighted by molar-refractivity contribution is 5.95. The lowest BCUT2D eigenvalue weighted by Crippen LogP contribution is -2.09. The Balaban J connectivity index is 1.45. The highest BCUT2D eigenvalue weighted by Gasteiger charge is 2.17. The Kier molecular flexibility index (Phi) is 5.18. The number of anilines is 1. The fourth-order valence-electron chi connectivity index (χ4n) is 4.37. The second-order valence-corrected chi connectivity index (χ2v) is 9.11. The lowest BCUT2D eigenvalue weighted by atomic mass is 10.0. The number of nitrogens with zero attached hydrogens (tertiary/aromatic N) is 5. The van der Waals surface area contributed by atoms with Crippen LogP contribution in [-0.2, 0) is 0 Å². The summed E-state index contributed by atoms with van der Waals surface area (Å²) in [7, 11) is 0. The van der Waals surface area contributed by atoms with E-state index in [1.165, 1.54) is 12.1 Å². The zero-order chi connectivity index (χ0) is 24.8. The first kappa shape index (κ1) is 21.8. The van der Waals surface area contributed by atoms with Crippen LogP contribution in [0.15, 0.2) is 61.2 Å². The van der Waals surface area contributed by atoms with Crippen molar-refractivity contribution >= 4 is 27.8 Å². The molecule has 0 spiro atoms. The summed E-state index contributed by atoms with van der Waals surface area (Å²) in [6.45, 7) is 6.02. The molecular formula is C27H23FN8. The first-order valence-electron chi connectivity index (χ1n) is 11.6. The number of halogens is 1. The van der Waals surface area contributed by atoms with Crippen LogP contribution >= 0.6 is 0 Å². The van der Waals surface area contributed by atoms with Gasteiger partial charge in [-0.3, -0.25) is 15.1 Å². The smallest absolute Gasteiger partial charge is 0.161 e. The highest BCUT2D eigenvalue weighted by Crippen LogP contribution is 2.32. The SMILES string of the molecule is Cc1cc(F)cc(-c2cncc3[nH]c(-c4n[nH]c5ccc(-c6cncc(NC(C)C)c6)nc45)nc23)c1. The van der Waals surface area contributed by atoms with Crippen LogP contribution in [0.1, 0.15) is 19.4 Å². The van der Waals surface area contributed by atoms with Gasteiger partial charge < -0.3 is 10.3 Å². The molecule has 0 atom stereocenters. The number of aromatic nitrogens is 7. The molecule has 0 saturated carbocycles. The van der Waals surface area contributed by atoms with E-state index >= 15 is 0 Å². The molecule has 3 N–H and O–H groups in total. The monoisotopic (exact) mass is 478 g/mol. The van der Waals surface area contributed by atoms with Crippen LogP contribution in [0, 0.1) is 12.7 Å². The average molecular weight is 479 g/mol. The zero-order valence-electron chi connectivity index (χ0n) is 20.0. The molecule has 0 bridgehead atoms. The lowest BCUT2D eigenvalue weighted by Gasteiger charge is -2.10. The molecule has 6 rings (SSSR count). The van der Waals surface area contributed by atoms with E-state index in [0.29, 0.717) is 28.6 Å². The molecule has 0 aliphatic rings. The molecule has 5 aromatic heterocycles. The van der Waals surface area contributed by atoms with Crippen molar-refractivity contribution in [1.29, 1.82) is 0 Å². The molecule has 0 amide bonds. The Morgan fingerprint density at radius 1 is 0.861 bits per heavy atom. The molecule has 6 aromatic rings. The van der Waals surface area contributed by atoms with E-state index in [4.69, 9.17) is 9.97 Å². The molecule has 0 unspecified atom stereocenters. The minimum atomic E-state index is -0.296. The summed E-state index contributed by atoms with van der Waals surface area (Å²) < 4.78 is 14.1. The van der Waals surface area contributed by atoms with Gasteiger partial charge in [-0.25, -0.2) is 14.4 Å². The van der Waals surface area contributed by atoms with E-state index in [1.807, 2.05) is 31.2 Å². The van der Waals surface area contributed by atoms with E-state index < -0.39 is 0 Å². The zero-order valence-corrected chi connectivity index (χ0v) is 20.0. The first-order chi connectivity index (χ1) is 17.4. The van der Waals surface area contributed by atoms with Crippen LogP contribution in [-0.4, -0.2) is 41.2 Å². The number of hydrogen-bond acceptors (Lipinski definition) is 6. The molecule has 0 fully saturated rings. The topological polar surface area (TPSA) is 108 Å². The van der Waals surface area contributed by atoms with Gasteiger partial charge in [-0.2, -0.15) is 5.10 Å². The number of aromatic amines is 2. The van der Waals surface area contributed by atoms with Gasteiger partial charge >= 0.3 is 0 Å². The normalized spacial score (nSPS) is 11.6. The number of rotatable bonds is 5. The Morgan fingerprint density at radius 3 is 2.56 bits per heavy atom. The van der Waals surface area contributed by atoms with Crippen molar-refractivity contribution in [3.63, 3.8) is 0 Å². The molecule has 0 aliphatic heterocycles. The third kappa shape index (κ3) is 3.94. The molecule has 9 heteroatoms. The second kappa shape index (κ2) is 8.53. The molecule has 36 heavy (non-hydrogen) atoms. The van der Waals surface area contributed by atoms with E-state index in [0.717, 1.165) is 44.7 Å². The van der Waals surface area contributed by atoms with Crippen molar-refractivity contribution in [3.05, 3.63) is 72.6 Å². The quantitative estimate of drug-likeness (QED) is 0.285. The van der Waals surface area contributed by atoms with E-state index in [9.17, 15) is 4.39 Å². The maximum absolute atomic E-state index is 14.1. The summed E-state index contributed by atoms with van der Waals surface area (Å²) in [5.74, 6) is 0.256. The van der Waals surface area contributed by atoms with Gasteiger partial charge in [-0.15, -0.1) is 0 Å². The summed E-state index contributed by atoms with van der Waals surface area (Å²) in [5, 5.41) is 10.9. The molecule has 5 heterocycles. The number of aryl methyl sites for hydroxylation is 1. The van der Waals surface area contributed by atoms with Crippen molar-refractivity contribution in [2.45, 2.75) is 26.8 Å². The van der Waals surface area contributed by atoms with Crippen LogP contribution in [0.4, 0.5) is 10.1 Å². The number of benzene rings is 1. The summed E-state index contributed by atoms with van der Waals surface area (Å²) in [5.41, 5.74) is 8.38. The van der Waals surface area contributed by atoms with E-state index in [-0.39, 0.29) is 5.82 Å². The van der Waals surface area contributed by atoms with Gasteiger partial charge in [0.15, 0.2) is 11.5 Å².